The van der Waals surface area contributed by atoms with Crippen molar-refractivity contribution in [1.29, 1.82) is 0 Å². The first-order chi connectivity index (χ1) is 14.1. The number of aromatic nitrogens is 1. The van der Waals surface area contributed by atoms with Crippen molar-refractivity contribution in [3.8, 4) is 5.75 Å². The van der Waals surface area contributed by atoms with Gasteiger partial charge in [-0.15, -0.1) is 0 Å². The summed E-state index contributed by atoms with van der Waals surface area (Å²) in [6, 6.07) is 3.72. The number of hydrogen-bond acceptors (Lipinski definition) is 5. The van der Waals surface area contributed by atoms with Crippen LogP contribution in [0.2, 0.25) is 0 Å². The molecule has 1 aromatic rings. The third-order valence-corrected chi connectivity index (χ3v) is 9.12. The third kappa shape index (κ3) is 5.10. The molecule has 0 amide bonds. The van der Waals surface area contributed by atoms with E-state index in [0.717, 1.165) is 38.2 Å². The summed E-state index contributed by atoms with van der Waals surface area (Å²) in [6.07, 6.45) is 0.840. The van der Waals surface area contributed by atoms with Gasteiger partial charge in [-0.1, -0.05) is 0 Å². The van der Waals surface area contributed by atoms with Gasteiger partial charge in [-0.2, -0.15) is 13.2 Å². The molecule has 0 unspecified atom stereocenters. The van der Waals surface area contributed by atoms with Gasteiger partial charge in [0.15, 0.2) is 9.84 Å². The van der Waals surface area contributed by atoms with E-state index in [-0.39, 0.29) is 24.2 Å². The van der Waals surface area contributed by atoms with Crippen LogP contribution in [0.25, 0.3) is 0 Å². The van der Waals surface area contributed by atoms with E-state index in [9.17, 15) is 21.6 Å². The Balaban J connectivity index is 1.17. The van der Waals surface area contributed by atoms with E-state index in [1.54, 1.807) is 6.20 Å². The largest absolute Gasteiger partial charge is 0.491 e. The number of pyridine rings is 1. The summed E-state index contributed by atoms with van der Waals surface area (Å²) in [6.45, 7) is 3.11. The molecule has 1 aliphatic carbocycles. The summed E-state index contributed by atoms with van der Waals surface area (Å²) in [5.74, 6) is 0.283. The van der Waals surface area contributed by atoms with Crippen LogP contribution in [0.1, 0.15) is 50.1 Å². The lowest BCUT2D eigenvalue weighted by atomic mass is 9.80. The van der Waals surface area contributed by atoms with Gasteiger partial charge >= 0.3 is 6.18 Å². The molecular formula is C21H29F3N2O3S. The minimum absolute atomic E-state index is 0.0230. The number of rotatable bonds is 5. The first-order valence-corrected chi connectivity index (χ1v) is 12.5. The molecule has 1 spiro atoms. The second kappa shape index (κ2) is 8.30. The average molecular weight is 447 g/mol. The molecule has 2 aliphatic heterocycles. The van der Waals surface area contributed by atoms with Crippen molar-refractivity contribution in [3.05, 3.63) is 24.0 Å². The zero-order valence-electron chi connectivity index (χ0n) is 17.0. The lowest BCUT2D eigenvalue weighted by Crippen LogP contribution is -2.54. The van der Waals surface area contributed by atoms with E-state index in [1.807, 2.05) is 12.1 Å². The fourth-order valence-electron chi connectivity index (χ4n) is 5.16. The molecule has 30 heavy (non-hydrogen) atoms. The van der Waals surface area contributed by atoms with Crippen LogP contribution in [-0.4, -0.2) is 62.2 Å². The van der Waals surface area contributed by atoms with Crippen LogP contribution in [0.4, 0.5) is 13.2 Å². The SMILES string of the molecule is O=S1(=O)CC2(CCN(CCOc3ccc([C@H]4CC[C@H](C(F)(F)F)CC4)nc3)CC2)C1. The number of likely N-dealkylation sites (tertiary alicyclic amines) is 1. The molecule has 0 N–H and O–H groups in total. The number of sulfone groups is 1. The quantitative estimate of drug-likeness (QED) is 0.689. The van der Waals surface area contributed by atoms with Gasteiger partial charge < -0.3 is 4.74 Å². The fraction of sp³-hybridized carbons (Fsp3) is 0.762. The molecule has 0 atom stereocenters. The van der Waals surface area contributed by atoms with Crippen LogP contribution in [0, 0.1) is 11.3 Å². The molecule has 1 aromatic heterocycles. The molecule has 0 aromatic carbocycles. The van der Waals surface area contributed by atoms with Gasteiger partial charge in [-0.3, -0.25) is 9.88 Å². The van der Waals surface area contributed by atoms with Crippen LogP contribution in [0.3, 0.4) is 0 Å². The van der Waals surface area contributed by atoms with Crippen LogP contribution in [0.15, 0.2) is 18.3 Å². The first kappa shape index (κ1) is 21.9. The van der Waals surface area contributed by atoms with Crippen molar-refractivity contribution in [3.63, 3.8) is 0 Å². The summed E-state index contributed by atoms with van der Waals surface area (Å²) >= 11 is 0. The van der Waals surface area contributed by atoms with Crippen LogP contribution < -0.4 is 4.74 Å². The lowest BCUT2D eigenvalue weighted by molar-refractivity contribution is -0.182. The van der Waals surface area contributed by atoms with Gasteiger partial charge in [-0.05, 0) is 63.7 Å². The highest BCUT2D eigenvalue weighted by Gasteiger charge is 2.49. The van der Waals surface area contributed by atoms with Crippen LogP contribution in [0.5, 0.6) is 5.75 Å². The minimum atomic E-state index is -4.08. The Kier molecular flexibility index (Phi) is 6.05. The Morgan fingerprint density at radius 3 is 2.30 bits per heavy atom. The lowest BCUT2D eigenvalue weighted by Gasteiger charge is -2.47. The second-order valence-corrected chi connectivity index (χ2v) is 11.3. The average Bonchev–Trinajstić information content (AvgIpc) is 2.68. The smallest absolute Gasteiger partial charge is 0.391 e. The number of halogens is 3. The van der Waals surface area contributed by atoms with Gasteiger partial charge in [0.2, 0.25) is 0 Å². The molecule has 1 saturated carbocycles. The summed E-state index contributed by atoms with van der Waals surface area (Å²) in [5.41, 5.74) is 0.870. The van der Waals surface area contributed by atoms with Crippen molar-refractivity contribution in [2.75, 3.05) is 37.7 Å². The highest BCUT2D eigenvalue weighted by atomic mass is 32.2. The van der Waals surface area contributed by atoms with Crippen LogP contribution in [-0.2, 0) is 9.84 Å². The van der Waals surface area contributed by atoms with Crippen molar-refractivity contribution < 1.29 is 26.3 Å². The highest BCUT2D eigenvalue weighted by Crippen LogP contribution is 2.43. The van der Waals surface area contributed by atoms with E-state index < -0.39 is 21.9 Å². The van der Waals surface area contributed by atoms with Crippen LogP contribution >= 0.6 is 0 Å². The predicted molar refractivity (Wildman–Crippen MR) is 107 cm³/mol. The monoisotopic (exact) mass is 446 g/mol. The van der Waals surface area contributed by atoms with E-state index >= 15 is 0 Å². The predicted octanol–water partition coefficient (Wildman–Crippen LogP) is 3.81. The Hall–Kier alpha value is -1.35. The van der Waals surface area contributed by atoms with Gasteiger partial charge in [0.1, 0.15) is 12.4 Å². The van der Waals surface area contributed by atoms with Crippen molar-refractivity contribution >= 4 is 9.84 Å². The number of nitrogens with zero attached hydrogens (tertiary/aromatic N) is 2. The second-order valence-electron chi connectivity index (χ2n) is 9.23. The molecular weight excluding hydrogens is 417 g/mol. The maximum atomic E-state index is 12.8. The molecule has 168 valence electrons. The van der Waals surface area contributed by atoms with Gasteiger partial charge in [0.05, 0.1) is 23.6 Å². The maximum Gasteiger partial charge on any atom is 0.391 e. The number of alkyl halides is 3. The molecule has 3 heterocycles. The zero-order valence-corrected chi connectivity index (χ0v) is 17.8. The van der Waals surface area contributed by atoms with E-state index in [4.69, 9.17) is 4.74 Å². The molecule has 3 fully saturated rings. The zero-order chi connectivity index (χ0) is 21.4. The Morgan fingerprint density at radius 1 is 1.10 bits per heavy atom. The standard InChI is InChI=1S/C21H29F3N2O3S/c22-21(23,24)17-3-1-16(2-4-17)19-6-5-18(13-25-19)29-12-11-26-9-7-20(8-10-26)14-30(27,28)15-20/h5-6,13,16-17H,1-4,7-12,14-15H2/t16-,17-. The maximum absolute atomic E-state index is 12.8. The van der Waals surface area contributed by atoms with Crippen molar-refractivity contribution in [1.82, 2.24) is 9.88 Å². The van der Waals surface area contributed by atoms with Crippen molar-refractivity contribution in [2.45, 2.75) is 50.6 Å². The topological polar surface area (TPSA) is 59.5 Å². The number of hydrogen-bond donors (Lipinski definition) is 0. The first-order valence-electron chi connectivity index (χ1n) is 10.7. The molecule has 3 aliphatic rings. The summed E-state index contributed by atoms with van der Waals surface area (Å²) in [5, 5.41) is 0. The third-order valence-electron chi connectivity index (χ3n) is 7.01. The molecule has 0 bridgehead atoms. The van der Waals surface area contributed by atoms with E-state index in [1.165, 1.54) is 0 Å². The molecule has 0 radical (unpaired) electrons. The van der Waals surface area contributed by atoms with Gasteiger partial charge in [0.25, 0.3) is 0 Å². The number of ether oxygens (including phenoxy) is 1. The summed E-state index contributed by atoms with van der Waals surface area (Å²) < 4.78 is 67.1. The highest BCUT2D eigenvalue weighted by molar-refractivity contribution is 7.92. The Morgan fingerprint density at radius 2 is 1.77 bits per heavy atom. The molecule has 4 rings (SSSR count). The van der Waals surface area contributed by atoms with E-state index in [2.05, 4.69) is 9.88 Å². The minimum Gasteiger partial charge on any atom is -0.491 e. The molecule has 2 saturated heterocycles. The van der Waals surface area contributed by atoms with Crippen molar-refractivity contribution in [2.24, 2.45) is 11.3 Å². The normalized spacial score (nSPS) is 28.8. The molecule has 9 heteroatoms. The summed E-state index contributed by atoms with van der Waals surface area (Å²) in [7, 11) is -2.78. The fourth-order valence-corrected chi connectivity index (χ4v) is 7.52. The number of piperidine rings is 1. The Bertz CT molecular complexity index is 812. The van der Waals surface area contributed by atoms with E-state index in [0.29, 0.717) is 36.7 Å². The van der Waals surface area contributed by atoms with Gasteiger partial charge in [-0.25, -0.2) is 8.42 Å². The van der Waals surface area contributed by atoms with Gasteiger partial charge in [0, 0.05) is 23.6 Å². The molecule has 5 nitrogen and oxygen atoms in total. The summed E-state index contributed by atoms with van der Waals surface area (Å²) in [4.78, 5) is 6.73. The Labute approximate surface area is 175 Å².